The predicted molar refractivity (Wildman–Crippen MR) is 91.4 cm³/mol. The lowest BCUT2D eigenvalue weighted by atomic mass is 10.2. The molecule has 0 bridgehead atoms. The monoisotopic (exact) mass is 331 g/mol. The average molecular weight is 331 g/mol. The van der Waals surface area contributed by atoms with Crippen molar-refractivity contribution in [1.29, 1.82) is 0 Å². The van der Waals surface area contributed by atoms with E-state index in [-0.39, 0.29) is 11.3 Å². The normalized spacial score (nSPS) is 17.8. The van der Waals surface area contributed by atoms with Crippen LogP contribution in [0.15, 0.2) is 24.3 Å². The number of nitrogens with one attached hydrogen (secondary N) is 1. The van der Waals surface area contributed by atoms with Gasteiger partial charge in [-0.3, -0.25) is 4.79 Å². The van der Waals surface area contributed by atoms with Crippen LogP contribution in [0, 0.1) is 6.92 Å². The molecular weight excluding hydrogens is 310 g/mol. The highest BCUT2D eigenvalue weighted by Crippen LogP contribution is 2.40. The molecule has 23 heavy (non-hydrogen) atoms. The summed E-state index contributed by atoms with van der Waals surface area (Å²) in [6, 6.07) is 7.85. The fraction of sp³-hybridized carbons (Fsp3) is 0.412. The minimum absolute atomic E-state index is 0.0128. The van der Waals surface area contributed by atoms with Crippen LogP contribution in [0.5, 0.6) is 5.75 Å². The fourth-order valence-electron chi connectivity index (χ4n) is 2.72. The fourth-order valence-corrected chi connectivity index (χ4v) is 3.95. The highest BCUT2D eigenvalue weighted by molar-refractivity contribution is 8.00. The number of hydrogen-bond acceptors (Lipinski definition) is 4. The molecule has 1 unspecified atom stereocenters. The summed E-state index contributed by atoms with van der Waals surface area (Å²) in [5.41, 5.74) is 3.12. The Morgan fingerprint density at radius 1 is 1.39 bits per heavy atom. The molecule has 0 spiro atoms. The van der Waals surface area contributed by atoms with E-state index in [0.29, 0.717) is 12.3 Å². The van der Waals surface area contributed by atoms with Gasteiger partial charge < -0.3 is 14.6 Å². The third-order valence-electron chi connectivity index (χ3n) is 4.02. The van der Waals surface area contributed by atoms with Crippen molar-refractivity contribution in [2.75, 3.05) is 12.9 Å². The second-order valence-electron chi connectivity index (χ2n) is 5.58. The minimum atomic E-state index is -0.0128. The maximum absolute atomic E-state index is 12.3. The lowest BCUT2D eigenvalue weighted by Crippen LogP contribution is -2.28. The van der Waals surface area contributed by atoms with Crippen molar-refractivity contribution in [3.63, 3.8) is 0 Å². The lowest BCUT2D eigenvalue weighted by molar-refractivity contribution is -0.128. The first kappa shape index (κ1) is 15.9. The summed E-state index contributed by atoms with van der Waals surface area (Å²) in [6.45, 7) is 4.69. The van der Waals surface area contributed by atoms with E-state index in [4.69, 9.17) is 4.74 Å². The SMILES string of the molecule is CCc1nc(C2SCC(=O)N2Cc2ccc(OC)cc2)c(C)[nH]1. The smallest absolute Gasteiger partial charge is 0.234 e. The second-order valence-corrected chi connectivity index (χ2v) is 6.65. The Bertz CT molecular complexity index is 696. The quantitative estimate of drug-likeness (QED) is 0.915. The molecule has 122 valence electrons. The Labute approximate surface area is 140 Å². The molecule has 1 saturated heterocycles. The Balaban J connectivity index is 1.82. The third-order valence-corrected chi connectivity index (χ3v) is 5.23. The lowest BCUT2D eigenvalue weighted by Gasteiger charge is -2.23. The van der Waals surface area contributed by atoms with Gasteiger partial charge in [0.15, 0.2) is 0 Å². The summed E-state index contributed by atoms with van der Waals surface area (Å²) in [6.07, 6.45) is 0.866. The number of H-pyrrole nitrogens is 1. The number of aromatic nitrogens is 2. The number of hydrogen-bond donors (Lipinski definition) is 1. The van der Waals surface area contributed by atoms with Gasteiger partial charge in [0.25, 0.3) is 0 Å². The first-order valence-electron chi connectivity index (χ1n) is 7.71. The maximum Gasteiger partial charge on any atom is 0.234 e. The first-order chi connectivity index (χ1) is 11.1. The number of methoxy groups -OCH3 is 1. The van der Waals surface area contributed by atoms with Crippen LogP contribution in [0.4, 0.5) is 0 Å². The van der Waals surface area contributed by atoms with Crippen molar-refractivity contribution >= 4 is 17.7 Å². The van der Waals surface area contributed by atoms with E-state index >= 15 is 0 Å². The molecular formula is C17H21N3O2S. The summed E-state index contributed by atoms with van der Waals surface area (Å²) in [5.74, 6) is 2.47. The van der Waals surface area contributed by atoms with Crippen molar-refractivity contribution < 1.29 is 9.53 Å². The minimum Gasteiger partial charge on any atom is -0.497 e. The molecule has 1 aliphatic rings. The number of nitrogens with zero attached hydrogens (tertiary/aromatic N) is 2. The predicted octanol–water partition coefficient (Wildman–Crippen LogP) is 3.06. The van der Waals surface area contributed by atoms with E-state index in [2.05, 4.69) is 16.9 Å². The van der Waals surface area contributed by atoms with Gasteiger partial charge in [-0.05, 0) is 24.6 Å². The molecule has 0 aliphatic carbocycles. The van der Waals surface area contributed by atoms with Gasteiger partial charge in [0.05, 0.1) is 18.6 Å². The van der Waals surface area contributed by atoms with Crippen LogP contribution in [0.3, 0.4) is 0 Å². The van der Waals surface area contributed by atoms with E-state index in [1.807, 2.05) is 36.1 Å². The Morgan fingerprint density at radius 3 is 2.74 bits per heavy atom. The topological polar surface area (TPSA) is 58.2 Å². The largest absolute Gasteiger partial charge is 0.497 e. The van der Waals surface area contributed by atoms with Crippen LogP contribution in [-0.4, -0.2) is 33.6 Å². The van der Waals surface area contributed by atoms with Gasteiger partial charge in [-0.15, -0.1) is 11.8 Å². The Morgan fingerprint density at radius 2 is 2.13 bits per heavy atom. The number of carbonyl (C=O) groups excluding carboxylic acids is 1. The number of rotatable bonds is 5. The van der Waals surface area contributed by atoms with Gasteiger partial charge in [0, 0.05) is 18.7 Å². The molecule has 3 rings (SSSR count). The van der Waals surface area contributed by atoms with Crippen LogP contribution in [0.25, 0.3) is 0 Å². The molecule has 0 radical (unpaired) electrons. The summed E-state index contributed by atoms with van der Waals surface area (Å²) < 4.78 is 5.18. The molecule has 1 amide bonds. The Hall–Kier alpha value is -1.95. The van der Waals surface area contributed by atoms with Crippen molar-refractivity contribution in [1.82, 2.24) is 14.9 Å². The molecule has 1 aromatic heterocycles. The maximum atomic E-state index is 12.3. The van der Waals surface area contributed by atoms with Crippen LogP contribution in [0.1, 0.15) is 35.1 Å². The zero-order valence-electron chi connectivity index (χ0n) is 13.6. The number of thioether (sulfide) groups is 1. The van der Waals surface area contributed by atoms with Crippen LogP contribution < -0.4 is 4.74 Å². The molecule has 2 heterocycles. The number of ether oxygens (including phenoxy) is 1. The number of benzene rings is 1. The van der Waals surface area contributed by atoms with Crippen LogP contribution in [0.2, 0.25) is 0 Å². The number of aromatic amines is 1. The summed E-state index contributed by atoms with van der Waals surface area (Å²) >= 11 is 1.65. The molecule has 1 atom stereocenters. The van der Waals surface area contributed by atoms with E-state index in [1.165, 1.54) is 0 Å². The van der Waals surface area contributed by atoms with E-state index in [1.54, 1.807) is 18.9 Å². The van der Waals surface area contributed by atoms with Gasteiger partial charge in [0.1, 0.15) is 16.9 Å². The molecule has 1 aliphatic heterocycles. The van der Waals surface area contributed by atoms with Crippen molar-refractivity contribution in [2.24, 2.45) is 0 Å². The third kappa shape index (κ3) is 3.22. The highest BCUT2D eigenvalue weighted by atomic mass is 32.2. The van der Waals surface area contributed by atoms with E-state index in [9.17, 15) is 4.79 Å². The van der Waals surface area contributed by atoms with Crippen LogP contribution >= 0.6 is 11.8 Å². The van der Waals surface area contributed by atoms with Gasteiger partial charge in [-0.25, -0.2) is 4.98 Å². The van der Waals surface area contributed by atoms with Gasteiger partial charge in [0.2, 0.25) is 5.91 Å². The Kier molecular flexibility index (Phi) is 4.61. The molecule has 5 nitrogen and oxygen atoms in total. The van der Waals surface area contributed by atoms with Crippen molar-refractivity contribution in [3.8, 4) is 5.75 Å². The van der Waals surface area contributed by atoms with E-state index < -0.39 is 0 Å². The molecule has 1 aromatic carbocycles. The molecule has 1 fully saturated rings. The summed E-state index contributed by atoms with van der Waals surface area (Å²) in [7, 11) is 1.65. The van der Waals surface area contributed by atoms with Crippen LogP contribution in [-0.2, 0) is 17.8 Å². The standard InChI is InChI=1S/C17H21N3O2S/c1-4-14-18-11(2)16(19-14)17-20(15(21)10-23-17)9-12-5-7-13(22-3)8-6-12/h5-8,17H,4,9-10H2,1-3H3,(H,18,19). The first-order valence-corrected chi connectivity index (χ1v) is 8.76. The highest BCUT2D eigenvalue weighted by Gasteiger charge is 2.35. The second kappa shape index (κ2) is 6.66. The number of imidazole rings is 1. The van der Waals surface area contributed by atoms with Crippen molar-refractivity contribution in [3.05, 3.63) is 47.0 Å². The van der Waals surface area contributed by atoms with Gasteiger partial charge in [-0.1, -0.05) is 19.1 Å². The molecule has 0 saturated carbocycles. The zero-order chi connectivity index (χ0) is 16.4. The average Bonchev–Trinajstić information content (AvgIpc) is 3.11. The molecule has 2 aromatic rings. The van der Waals surface area contributed by atoms with Gasteiger partial charge in [-0.2, -0.15) is 0 Å². The summed E-state index contributed by atoms with van der Waals surface area (Å²) in [4.78, 5) is 22.2. The molecule has 1 N–H and O–H groups in total. The van der Waals surface area contributed by atoms with Crippen molar-refractivity contribution in [2.45, 2.75) is 32.2 Å². The number of aryl methyl sites for hydroxylation is 2. The van der Waals surface area contributed by atoms with E-state index in [0.717, 1.165) is 34.9 Å². The molecule has 6 heteroatoms. The zero-order valence-corrected chi connectivity index (χ0v) is 14.4. The summed E-state index contributed by atoms with van der Waals surface area (Å²) in [5, 5.41) is -0.0128. The number of carbonyl (C=O) groups is 1. The van der Waals surface area contributed by atoms with Gasteiger partial charge >= 0.3 is 0 Å². The number of amides is 1.